The summed E-state index contributed by atoms with van der Waals surface area (Å²) in [4.78, 5) is 0. The molecule has 2 rings (SSSR count). The zero-order valence-electron chi connectivity index (χ0n) is 10.2. The molecule has 0 unspecified atom stereocenters. The molecule has 0 radical (unpaired) electrons. The van der Waals surface area contributed by atoms with Gasteiger partial charge in [-0.15, -0.1) is 0 Å². The number of alkyl halides is 3. The molecule has 0 atom stereocenters. The first-order valence-corrected chi connectivity index (χ1v) is 6.53. The maximum Gasteiger partial charge on any atom is 0.420 e. The first kappa shape index (κ1) is 14.9. The van der Waals surface area contributed by atoms with Gasteiger partial charge in [-0.1, -0.05) is 28.1 Å². The van der Waals surface area contributed by atoms with E-state index in [4.69, 9.17) is 10.5 Å². The molecule has 20 heavy (non-hydrogen) atoms. The fourth-order valence-corrected chi connectivity index (χ4v) is 1.99. The zero-order chi connectivity index (χ0) is 14.8. The van der Waals surface area contributed by atoms with Crippen molar-refractivity contribution in [3.63, 3.8) is 0 Å². The van der Waals surface area contributed by atoms with Gasteiger partial charge in [0.25, 0.3) is 0 Å². The Morgan fingerprint density at radius 3 is 2.25 bits per heavy atom. The lowest BCUT2D eigenvalue weighted by Gasteiger charge is -2.14. The summed E-state index contributed by atoms with van der Waals surface area (Å²) >= 11 is 3.02. The molecule has 6 heteroatoms. The minimum absolute atomic E-state index is 0.235. The van der Waals surface area contributed by atoms with Gasteiger partial charge in [-0.25, -0.2) is 0 Å². The number of nitrogens with two attached hydrogens (primary N) is 1. The third-order valence-corrected chi connectivity index (χ3v) is 3.13. The first-order valence-electron chi connectivity index (χ1n) is 5.74. The molecule has 106 valence electrons. The summed E-state index contributed by atoms with van der Waals surface area (Å²) in [6.07, 6.45) is -4.48. The van der Waals surface area contributed by atoms with Crippen molar-refractivity contribution in [1.82, 2.24) is 0 Å². The second kappa shape index (κ2) is 5.85. The van der Waals surface area contributed by atoms with Gasteiger partial charge in [0, 0.05) is 11.0 Å². The maximum absolute atomic E-state index is 12.9. The topological polar surface area (TPSA) is 35.2 Å². The summed E-state index contributed by atoms with van der Waals surface area (Å²) in [6.45, 7) is 0.367. The van der Waals surface area contributed by atoms with Crippen molar-refractivity contribution in [2.24, 2.45) is 5.73 Å². The van der Waals surface area contributed by atoms with Crippen molar-refractivity contribution in [3.8, 4) is 11.5 Å². The molecule has 0 aliphatic heterocycles. The summed E-state index contributed by atoms with van der Waals surface area (Å²) in [5.74, 6) is 0.0937. The van der Waals surface area contributed by atoms with Gasteiger partial charge >= 0.3 is 6.18 Å². The van der Waals surface area contributed by atoms with Crippen molar-refractivity contribution >= 4 is 15.9 Å². The largest absolute Gasteiger partial charge is 0.457 e. The standard InChI is InChI=1S/C14H11BrF3NO/c15-10-3-6-13(12(7-10)14(16,17)18)20-11-4-1-9(8-19)2-5-11/h1-7H,8,19H2. The number of hydrogen-bond acceptors (Lipinski definition) is 2. The second-order valence-corrected chi connectivity index (χ2v) is 5.00. The van der Waals surface area contributed by atoms with Crippen molar-refractivity contribution in [3.05, 3.63) is 58.1 Å². The van der Waals surface area contributed by atoms with E-state index in [9.17, 15) is 13.2 Å². The predicted octanol–water partition coefficient (Wildman–Crippen LogP) is 4.72. The van der Waals surface area contributed by atoms with Crippen LogP contribution in [0.15, 0.2) is 46.9 Å². The highest BCUT2D eigenvalue weighted by atomic mass is 79.9. The predicted molar refractivity (Wildman–Crippen MR) is 73.6 cm³/mol. The highest BCUT2D eigenvalue weighted by Crippen LogP contribution is 2.39. The maximum atomic E-state index is 12.9. The Kier molecular flexibility index (Phi) is 4.35. The van der Waals surface area contributed by atoms with Crippen LogP contribution < -0.4 is 10.5 Å². The van der Waals surface area contributed by atoms with E-state index in [2.05, 4.69) is 15.9 Å². The highest BCUT2D eigenvalue weighted by Gasteiger charge is 2.34. The molecule has 0 saturated carbocycles. The minimum Gasteiger partial charge on any atom is -0.457 e. The molecule has 0 aromatic heterocycles. The fourth-order valence-electron chi connectivity index (χ4n) is 1.63. The van der Waals surface area contributed by atoms with Gasteiger partial charge in [-0.2, -0.15) is 13.2 Å². The SMILES string of the molecule is NCc1ccc(Oc2ccc(Br)cc2C(F)(F)F)cc1. The van der Waals surface area contributed by atoms with Gasteiger partial charge in [0.1, 0.15) is 11.5 Å². The third kappa shape index (κ3) is 3.52. The lowest BCUT2D eigenvalue weighted by Crippen LogP contribution is -2.07. The monoisotopic (exact) mass is 345 g/mol. The van der Waals surface area contributed by atoms with E-state index in [-0.39, 0.29) is 5.75 Å². The van der Waals surface area contributed by atoms with Crippen LogP contribution in [0.1, 0.15) is 11.1 Å². The number of hydrogen-bond donors (Lipinski definition) is 1. The van der Waals surface area contributed by atoms with Gasteiger partial charge in [0.2, 0.25) is 0 Å². The Balaban J connectivity index is 2.32. The van der Waals surface area contributed by atoms with Crippen LogP contribution in [-0.4, -0.2) is 0 Å². The average molecular weight is 346 g/mol. The lowest BCUT2D eigenvalue weighted by molar-refractivity contribution is -0.138. The molecule has 2 aromatic carbocycles. The highest BCUT2D eigenvalue weighted by molar-refractivity contribution is 9.10. The van der Waals surface area contributed by atoms with Crippen LogP contribution in [0.5, 0.6) is 11.5 Å². The van der Waals surface area contributed by atoms with E-state index in [1.54, 1.807) is 24.3 Å². The van der Waals surface area contributed by atoms with Crippen LogP contribution in [0.4, 0.5) is 13.2 Å². The van der Waals surface area contributed by atoms with Crippen LogP contribution in [-0.2, 0) is 12.7 Å². The summed E-state index contributed by atoms with van der Waals surface area (Å²) in [7, 11) is 0. The summed E-state index contributed by atoms with van der Waals surface area (Å²) in [6, 6.07) is 10.4. The fraction of sp³-hybridized carbons (Fsp3) is 0.143. The van der Waals surface area contributed by atoms with Gasteiger partial charge in [-0.05, 0) is 35.9 Å². The van der Waals surface area contributed by atoms with Crippen molar-refractivity contribution in [1.29, 1.82) is 0 Å². The molecule has 0 spiro atoms. The van der Waals surface area contributed by atoms with Crippen molar-refractivity contribution < 1.29 is 17.9 Å². The molecule has 0 saturated heterocycles. The molecular formula is C14H11BrF3NO. The normalized spacial score (nSPS) is 11.4. The molecule has 2 nitrogen and oxygen atoms in total. The van der Waals surface area contributed by atoms with E-state index in [1.165, 1.54) is 12.1 Å². The molecule has 0 aliphatic carbocycles. The van der Waals surface area contributed by atoms with Gasteiger partial charge in [0.05, 0.1) is 5.56 Å². The van der Waals surface area contributed by atoms with E-state index in [0.29, 0.717) is 16.8 Å². The molecule has 2 N–H and O–H groups in total. The Labute approximate surface area is 122 Å². The van der Waals surface area contributed by atoms with Crippen molar-refractivity contribution in [2.45, 2.75) is 12.7 Å². The molecule has 0 heterocycles. The van der Waals surface area contributed by atoms with Crippen LogP contribution in [0.3, 0.4) is 0 Å². The average Bonchev–Trinajstić information content (AvgIpc) is 2.40. The number of ether oxygens (including phenoxy) is 1. The second-order valence-electron chi connectivity index (χ2n) is 4.09. The summed E-state index contributed by atoms with van der Waals surface area (Å²) in [5.41, 5.74) is 5.51. The van der Waals surface area contributed by atoms with E-state index >= 15 is 0 Å². The van der Waals surface area contributed by atoms with Gasteiger partial charge in [0.15, 0.2) is 0 Å². The molecule has 2 aromatic rings. The van der Waals surface area contributed by atoms with E-state index in [0.717, 1.165) is 11.6 Å². The molecule has 0 amide bonds. The van der Waals surface area contributed by atoms with E-state index < -0.39 is 11.7 Å². The molecular weight excluding hydrogens is 335 g/mol. The van der Waals surface area contributed by atoms with Crippen LogP contribution in [0.2, 0.25) is 0 Å². The first-order chi connectivity index (χ1) is 9.40. The van der Waals surface area contributed by atoms with Crippen molar-refractivity contribution in [2.75, 3.05) is 0 Å². The molecule has 0 aliphatic rings. The summed E-state index contributed by atoms with van der Waals surface area (Å²) < 4.78 is 44.4. The Morgan fingerprint density at radius 1 is 1.05 bits per heavy atom. The number of rotatable bonds is 3. The lowest BCUT2D eigenvalue weighted by atomic mass is 10.2. The zero-order valence-corrected chi connectivity index (χ0v) is 11.8. The van der Waals surface area contributed by atoms with Gasteiger partial charge in [-0.3, -0.25) is 0 Å². The number of benzene rings is 2. The minimum atomic E-state index is -4.48. The van der Waals surface area contributed by atoms with Crippen LogP contribution in [0.25, 0.3) is 0 Å². The third-order valence-electron chi connectivity index (χ3n) is 2.63. The Bertz CT molecular complexity index is 596. The summed E-state index contributed by atoms with van der Waals surface area (Å²) in [5, 5.41) is 0. The van der Waals surface area contributed by atoms with E-state index in [1.807, 2.05) is 0 Å². The van der Waals surface area contributed by atoms with Gasteiger partial charge < -0.3 is 10.5 Å². The van der Waals surface area contributed by atoms with Crippen LogP contribution in [0, 0.1) is 0 Å². The smallest absolute Gasteiger partial charge is 0.420 e. The van der Waals surface area contributed by atoms with Crippen LogP contribution >= 0.6 is 15.9 Å². The quantitative estimate of drug-likeness (QED) is 0.873. The molecule has 0 fully saturated rings. The Morgan fingerprint density at radius 2 is 1.70 bits per heavy atom. The Hall–Kier alpha value is -1.53. The number of halogens is 4. The molecule has 0 bridgehead atoms.